The molecule has 0 spiro atoms. The maximum atomic E-state index is 12.2. The van der Waals surface area contributed by atoms with E-state index < -0.39 is 36.2 Å². The van der Waals surface area contributed by atoms with Crippen molar-refractivity contribution in [1.82, 2.24) is 9.97 Å². The minimum Gasteiger partial charge on any atom is -0.379 e. The van der Waals surface area contributed by atoms with E-state index >= 15 is 0 Å². The Morgan fingerprint density at radius 2 is 1.20 bits per heavy atom. The van der Waals surface area contributed by atoms with Gasteiger partial charge in [-0.1, -0.05) is 57.3 Å². The summed E-state index contributed by atoms with van der Waals surface area (Å²) >= 11 is 2.12. The van der Waals surface area contributed by atoms with E-state index in [0.29, 0.717) is 17.7 Å². The predicted octanol–water partition coefficient (Wildman–Crippen LogP) is 8.28. The van der Waals surface area contributed by atoms with Crippen molar-refractivity contribution in [1.29, 1.82) is 0 Å². The topological polar surface area (TPSA) is 127 Å². The molecule has 2 N–H and O–H groups in total. The molecule has 0 amide bonds. The number of hydrogen-bond acceptors (Lipinski definition) is 7. The van der Waals surface area contributed by atoms with Crippen LogP contribution in [0.2, 0.25) is 39.3 Å². The Hall–Kier alpha value is -3.52. The first-order valence-electron chi connectivity index (χ1n) is 16.2. The van der Waals surface area contributed by atoms with Crippen LogP contribution in [0.5, 0.6) is 0 Å². The molecule has 2 aromatic heterocycles. The number of nitrogens with zero attached hydrogens (tertiary/aromatic N) is 2. The lowest BCUT2D eigenvalue weighted by Gasteiger charge is -2.07. The molecule has 9 nitrogen and oxygen atoms in total. The second-order valence-electron chi connectivity index (χ2n) is 13.3. The molecule has 0 bridgehead atoms. The van der Waals surface area contributed by atoms with Gasteiger partial charge in [-0.2, -0.15) is 0 Å². The van der Waals surface area contributed by atoms with E-state index in [-0.39, 0.29) is 9.79 Å². The third-order valence-corrected chi connectivity index (χ3v) is 11.5. The van der Waals surface area contributed by atoms with Crippen molar-refractivity contribution in [3.63, 3.8) is 0 Å². The van der Waals surface area contributed by atoms with Gasteiger partial charge < -0.3 is 4.74 Å². The highest BCUT2D eigenvalue weighted by atomic mass is 127. The number of aromatic nitrogens is 2. The molecule has 0 radical (unpaired) electrons. The molecule has 1 atom stereocenters. The highest BCUT2D eigenvalue weighted by Gasteiger charge is 2.15. The Bertz CT molecular complexity index is 1960. The molecule has 1 aliphatic rings. The van der Waals surface area contributed by atoms with Crippen molar-refractivity contribution < 1.29 is 21.6 Å². The van der Waals surface area contributed by atoms with Gasteiger partial charge in [-0.25, -0.2) is 26.8 Å². The van der Waals surface area contributed by atoms with E-state index in [1.165, 1.54) is 25.2 Å². The van der Waals surface area contributed by atoms with Crippen molar-refractivity contribution in [2.24, 2.45) is 0 Å². The summed E-state index contributed by atoms with van der Waals surface area (Å²) in [7, 11) is -9.72. The third-order valence-electron chi connectivity index (χ3n) is 6.27. The Morgan fingerprint density at radius 3 is 1.51 bits per heavy atom. The summed E-state index contributed by atoms with van der Waals surface area (Å²) in [5, 5.41) is 0. The molecule has 1 aliphatic heterocycles. The van der Waals surface area contributed by atoms with E-state index in [4.69, 9.17) is 11.2 Å². The number of terminal acetylenes is 1. The quantitative estimate of drug-likeness (QED) is 0.114. The third kappa shape index (κ3) is 18.5. The van der Waals surface area contributed by atoms with Crippen LogP contribution in [-0.4, -0.2) is 55.7 Å². The minimum atomic E-state index is -3.63. The molecular weight excluding hydrogens is 828 g/mol. The lowest BCUT2D eigenvalue weighted by Crippen LogP contribution is -2.16. The fourth-order valence-corrected chi connectivity index (χ4v) is 6.46. The number of hydrogen-bond donors (Lipinski definition) is 2. The molecule has 51 heavy (non-hydrogen) atoms. The largest absolute Gasteiger partial charge is 0.379 e. The van der Waals surface area contributed by atoms with Crippen LogP contribution in [0.4, 0.5) is 11.6 Å². The van der Waals surface area contributed by atoms with Gasteiger partial charge >= 0.3 is 0 Å². The highest BCUT2D eigenvalue weighted by molar-refractivity contribution is 14.1. The lowest BCUT2D eigenvalue weighted by atomic mass is 10.2. The van der Waals surface area contributed by atoms with Gasteiger partial charge in [-0.15, -0.1) is 17.5 Å². The number of nitrogens with one attached hydrogen (secondary N) is 2. The summed E-state index contributed by atoms with van der Waals surface area (Å²) < 4.78 is 59.4. The standard InChI is InChI=1S/C16H18N2O2SSi.C11H9IN2O2S.C5H10O.C5H10Si/c1-22(2,3)13-11-14-7-9-15(10-8-14)21(19,20)18-16-6-4-5-12-17-16;12-9-4-6-10(7-5-9)17(15,16)14-11-3-1-2-8-13-11;1-5-3-2-4-6-5;1-5-6(2,3)4/h4-10,12H,1-3H3,(H,17,18);1-8H,(H,13,14);5H,2-4H2,1H3;1H,2-4H3. The SMILES string of the molecule is C#C[Si](C)(C)C.CC1CCCO1.C[Si](C)(C)C#Cc1ccc(S(=O)(=O)Nc2ccccn2)cc1.O=S(=O)(Nc1ccccn1)c1ccc(I)cc1. The Balaban J connectivity index is 0.000000272. The summed E-state index contributed by atoms with van der Waals surface area (Å²) in [6, 6.07) is 23.3. The van der Waals surface area contributed by atoms with Crippen LogP contribution in [0.25, 0.3) is 0 Å². The zero-order chi connectivity index (χ0) is 38.1. The van der Waals surface area contributed by atoms with Gasteiger partial charge in [0.25, 0.3) is 20.0 Å². The van der Waals surface area contributed by atoms with Gasteiger partial charge in [0.15, 0.2) is 0 Å². The van der Waals surface area contributed by atoms with Crippen molar-refractivity contribution in [2.45, 2.75) is 74.9 Å². The lowest BCUT2D eigenvalue weighted by molar-refractivity contribution is 0.125. The van der Waals surface area contributed by atoms with Crippen LogP contribution in [0, 0.1) is 27.0 Å². The van der Waals surface area contributed by atoms with E-state index in [2.05, 4.69) is 105 Å². The fourth-order valence-electron chi connectivity index (χ4n) is 3.57. The number of benzene rings is 2. The number of ether oxygens (including phenoxy) is 1. The van der Waals surface area contributed by atoms with E-state index in [1.807, 2.05) is 0 Å². The van der Waals surface area contributed by atoms with E-state index in [0.717, 1.165) is 15.7 Å². The van der Waals surface area contributed by atoms with Crippen molar-refractivity contribution >= 4 is 70.4 Å². The molecule has 1 saturated heterocycles. The average molecular weight is 875 g/mol. The van der Waals surface area contributed by atoms with Gasteiger partial charge in [-0.3, -0.25) is 9.44 Å². The summed E-state index contributed by atoms with van der Waals surface area (Å²) in [5.41, 5.74) is 6.81. The molecule has 1 unspecified atom stereocenters. The predicted molar refractivity (Wildman–Crippen MR) is 223 cm³/mol. The number of rotatable bonds is 6. The summed E-state index contributed by atoms with van der Waals surface area (Å²) in [6.45, 7) is 16.0. The number of halogens is 1. The molecule has 2 aromatic carbocycles. The first-order valence-corrected chi connectivity index (χ1v) is 27.2. The zero-order valence-corrected chi connectivity index (χ0v) is 35.9. The molecule has 0 saturated carbocycles. The smallest absolute Gasteiger partial charge is 0.263 e. The van der Waals surface area contributed by atoms with Gasteiger partial charge in [-0.05, 0) is 115 Å². The van der Waals surface area contributed by atoms with Crippen LogP contribution in [0.3, 0.4) is 0 Å². The highest BCUT2D eigenvalue weighted by Crippen LogP contribution is 2.16. The van der Waals surface area contributed by atoms with Crippen LogP contribution < -0.4 is 9.44 Å². The molecule has 0 aliphatic carbocycles. The zero-order valence-electron chi connectivity index (χ0n) is 30.1. The normalized spacial score (nSPS) is 13.9. The first-order chi connectivity index (χ1) is 23.8. The fraction of sp³-hybridized carbons (Fsp3) is 0.297. The van der Waals surface area contributed by atoms with Crippen LogP contribution in [0.15, 0.2) is 107 Å². The van der Waals surface area contributed by atoms with E-state index in [1.54, 1.807) is 84.9 Å². The van der Waals surface area contributed by atoms with Crippen molar-refractivity contribution in [2.75, 3.05) is 16.1 Å². The summed E-state index contributed by atoms with van der Waals surface area (Å²) in [4.78, 5) is 8.29. The molecule has 1 fully saturated rings. The number of sulfonamides is 2. The Kier molecular flexibility index (Phi) is 17.5. The monoisotopic (exact) mass is 874 g/mol. The average Bonchev–Trinajstić information content (AvgIpc) is 3.56. The van der Waals surface area contributed by atoms with Gasteiger partial charge in [0.1, 0.15) is 27.8 Å². The second-order valence-corrected chi connectivity index (χ2v) is 27.5. The van der Waals surface area contributed by atoms with Crippen LogP contribution in [-0.2, 0) is 24.8 Å². The number of pyridine rings is 2. The summed E-state index contributed by atoms with van der Waals surface area (Å²) in [5.74, 6) is 3.70. The molecule has 3 heterocycles. The second kappa shape index (κ2) is 20.5. The van der Waals surface area contributed by atoms with Gasteiger partial charge in [0, 0.05) is 28.1 Å². The maximum absolute atomic E-state index is 12.2. The molecule has 5 rings (SSSR count). The Morgan fingerprint density at radius 1 is 0.745 bits per heavy atom. The van der Waals surface area contributed by atoms with Crippen molar-refractivity contribution in [3.05, 3.63) is 106 Å². The van der Waals surface area contributed by atoms with Crippen LogP contribution >= 0.6 is 22.6 Å². The molecule has 14 heteroatoms. The van der Waals surface area contributed by atoms with Crippen molar-refractivity contribution in [3.8, 4) is 23.4 Å². The Labute approximate surface area is 320 Å². The van der Waals surface area contributed by atoms with Gasteiger partial charge in [0.05, 0.1) is 15.9 Å². The molecule has 272 valence electrons. The summed E-state index contributed by atoms with van der Waals surface area (Å²) in [6.07, 6.45) is 11.3. The van der Waals surface area contributed by atoms with Gasteiger partial charge in [0.2, 0.25) is 0 Å². The maximum Gasteiger partial charge on any atom is 0.263 e. The van der Waals surface area contributed by atoms with Crippen LogP contribution in [0.1, 0.15) is 25.3 Å². The minimum absolute atomic E-state index is 0.191. The molecule has 4 aromatic rings. The number of anilines is 2. The molecular formula is C37H47IN4O5S2Si2. The first kappa shape index (κ1) is 43.6. The van der Waals surface area contributed by atoms with E-state index in [9.17, 15) is 16.8 Å².